The highest BCUT2D eigenvalue weighted by atomic mass is 79.9. The molecule has 0 atom stereocenters. The molecule has 1 aromatic heterocycles. The molecule has 2 rings (SSSR count). The van der Waals surface area contributed by atoms with Gasteiger partial charge in [-0.2, -0.15) is 0 Å². The first-order valence-electron chi connectivity index (χ1n) is 5.84. The Kier molecular flexibility index (Phi) is 4.49. The van der Waals surface area contributed by atoms with Crippen LogP contribution in [0.25, 0.3) is 0 Å². The monoisotopic (exact) mass is 311 g/mol. The standard InChI is InChI=1S/C13H15BrFN3/c1-2-16-8-13-17-3-4-18(13)9-10-5-11(14)7-12(15)6-10/h3-7,16H,2,8-9H2,1H3. The zero-order valence-electron chi connectivity index (χ0n) is 10.2. The van der Waals surface area contributed by atoms with Crippen LogP contribution in [-0.4, -0.2) is 16.1 Å². The van der Waals surface area contributed by atoms with Gasteiger partial charge in [0.25, 0.3) is 0 Å². The van der Waals surface area contributed by atoms with Crippen molar-refractivity contribution in [1.29, 1.82) is 0 Å². The molecular weight excluding hydrogens is 297 g/mol. The van der Waals surface area contributed by atoms with E-state index >= 15 is 0 Å². The van der Waals surface area contributed by atoms with E-state index in [-0.39, 0.29) is 5.82 Å². The van der Waals surface area contributed by atoms with Gasteiger partial charge in [0.2, 0.25) is 0 Å². The molecule has 5 heteroatoms. The van der Waals surface area contributed by atoms with E-state index in [2.05, 4.69) is 33.2 Å². The second kappa shape index (κ2) is 6.11. The van der Waals surface area contributed by atoms with Gasteiger partial charge in [-0.1, -0.05) is 22.9 Å². The predicted molar refractivity (Wildman–Crippen MR) is 72.8 cm³/mol. The zero-order chi connectivity index (χ0) is 13.0. The zero-order valence-corrected chi connectivity index (χ0v) is 11.7. The van der Waals surface area contributed by atoms with E-state index < -0.39 is 0 Å². The Morgan fingerprint density at radius 1 is 1.39 bits per heavy atom. The van der Waals surface area contributed by atoms with E-state index in [4.69, 9.17) is 0 Å². The summed E-state index contributed by atoms with van der Waals surface area (Å²) in [6.45, 7) is 4.30. The fourth-order valence-electron chi connectivity index (χ4n) is 1.79. The maximum atomic E-state index is 13.3. The fourth-order valence-corrected chi connectivity index (χ4v) is 2.30. The molecule has 0 radical (unpaired) electrons. The van der Waals surface area contributed by atoms with Crippen molar-refractivity contribution in [3.8, 4) is 0 Å². The van der Waals surface area contributed by atoms with Gasteiger partial charge in [-0.3, -0.25) is 0 Å². The first-order valence-corrected chi connectivity index (χ1v) is 6.64. The molecule has 0 unspecified atom stereocenters. The minimum atomic E-state index is -0.229. The molecule has 0 bridgehead atoms. The lowest BCUT2D eigenvalue weighted by atomic mass is 10.2. The molecule has 0 fully saturated rings. The van der Waals surface area contributed by atoms with Gasteiger partial charge >= 0.3 is 0 Å². The first-order chi connectivity index (χ1) is 8.69. The average molecular weight is 312 g/mol. The summed E-state index contributed by atoms with van der Waals surface area (Å²) in [5.41, 5.74) is 0.914. The third kappa shape index (κ3) is 3.40. The Balaban J connectivity index is 2.15. The third-order valence-electron chi connectivity index (χ3n) is 2.61. The van der Waals surface area contributed by atoms with Gasteiger partial charge in [-0.15, -0.1) is 0 Å². The van der Waals surface area contributed by atoms with E-state index in [0.717, 1.165) is 29.0 Å². The molecular formula is C13H15BrFN3. The summed E-state index contributed by atoms with van der Waals surface area (Å²) in [6.07, 6.45) is 3.67. The Morgan fingerprint density at radius 3 is 2.94 bits per heavy atom. The van der Waals surface area contributed by atoms with Crippen LogP contribution in [0.1, 0.15) is 18.3 Å². The lowest BCUT2D eigenvalue weighted by molar-refractivity contribution is 0.616. The Bertz CT molecular complexity index is 504. The molecule has 1 N–H and O–H groups in total. The summed E-state index contributed by atoms with van der Waals surface area (Å²) >= 11 is 3.30. The van der Waals surface area contributed by atoms with E-state index in [9.17, 15) is 4.39 Å². The van der Waals surface area contributed by atoms with Crippen LogP contribution in [0.15, 0.2) is 35.1 Å². The van der Waals surface area contributed by atoms with Gasteiger partial charge in [0.15, 0.2) is 0 Å². The van der Waals surface area contributed by atoms with Crippen molar-refractivity contribution in [2.24, 2.45) is 0 Å². The number of halogens is 2. The predicted octanol–water partition coefficient (Wildman–Crippen LogP) is 2.94. The van der Waals surface area contributed by atoms with Crippen molar-refractivity contribution in [3.05, 3.63) is 52.3 Å². The highest BCUT2D eigenvalue weighted by molar-refractivity contribution is 9.10. The number of hydrogen-bond donors (Lipinski definition) is 1. The minimum Gasteiger partial charge on any atom is -0.329 e. The Hall–Kier alpha value is -1.20. The minimum absolute atomic E-state index is 0.229. The molecule has 0 amide bonds. The largest absolute Gasteiger partial charge is 0.329 e. The molecule has 1 aromatic carbocycles. The maximum Gasteiger partial charge on any atom is 0.124 e. The first kappa shape index (κ1) is 13.2. The molecule has 1 heterocycles. The Labute approximate surface area is 114 Å². The Morgan fingerprint density at radius 2 is 2.22 bits per heavy atom. The van der Waals surface area contributed by atoms with Gasteiger partial charge in [0, 0.05) is 23.4 Å². The summed E-state index contributed by atoms with van der Waals surface area (Å²) < 4.78 is 16.1. The van der Waals surface area contributed by atoms with Crippen LogP contribution in [0.2, 0.25) is 0 Å². The van der Waals surface area contributed by atoms with Crippen LogP contribution < -0.4 is 5.32 Å². The van der Waals surface area contributed by atoms with Crippen molar-refractivity contribution in [3.63, 3.8) is 0 Å². The van der Waals surface area contributed by atoms with E-state index in [0.29, 0.717) is 6.54 Å². The van der Waals surface area contributed by atoms with Crippen LogP contribution in [0.4, 0.5) is 4.39 Å². The molecule has 0 aliphatic rings. The number of imidazole rings is 1. The summed E-state index contributed by atoms with van der Waals surface area (Å²) in [5, 5.41) is 3.23. The lowest BCUT2D eigenvalue weighted by Gasteiger charge is -2.09. The van der Waals surface area contributed by atoms with Crippen LogP contribution in [0.5, 0.6) is 0 Å². The number of benzene rings is 1. The smallest absolute Gasteiger partial charge is 0.124 e. The topological polar surface area (TPSA) is 29.9 Å². The SMILES string of the molecule is CCNCc1nccn1Cc1cc(F)cc(Br)c1. The number of aromatic nitrogens is 2. The molecule has 0 saturated carbocycles. The van der Waals surface area contributed by atoms with Crippen LogP contribution >= 0.6 is 15.9 Å². The quantitative estimate of drug-likeness (QED) is 0.920. The second-order valence-corrected chi connectivity index (χ2v) is 4.95. The molecule has 0 aliphatic heterocycles. The highest BCUT2D eigenvalue weighted by Crippen LogP contribution is 2.16. The van der Waals surface area contributed by atoms with Crippen LogP contribution in [0, 0.1) is 5.82 Å². The van der Waals surface area contributed by atoms with Crippen LogP contribution in [-0.2, 0) is 13.1 Å². The van der Waals surface area contributed by atoms with Crippen LogP contribution in [0.3, 0.4) is 0 Å². The summed E-state index contributed by atoms with van der Waals surface area (Å²) in [7, 11) is 0. The van der Waals surface area contributed by atoms with Crippen molar-refractivity contribution < 1.29 is 4.39 Å². The van der Waals surface area contributed by atoms with Crippen molar-refractivity contribution in [2.75, 3.05) is 6.54 Å². The summed E-state index contributed by atoms with van der Waals surface area (Å²) in [5.74, 6) is 0.727. The number of hydrogen-bond acceptors (Lipinski definition) is 2. The summed E-state index contributed by atoms with van der Waals surface area (Å²) in [6, 6.07) is 4.92. The van der Waals surface area contributed by atoms with Gasteiger partial charge < -0.3 is 9.88 Å². The fraction of sp³-hybridized carbons (Fsp3) is 0.308. The van der Waals surface area contributed by atoms with E-state index in [1.165, 1.54) is 6.07 Å². The summed E-state index contributed by atoms with van der Waals surface area (Å²) in [4.78, 5) is 4.29. The highest BCUT2D eigenvalue weighted by Gasteiger charge is 2.04. The van der Waals surface area contributed by atoms with Crippen molar-refractivity contribution >= 4 is 15.9 Å². The molecule has 18 heavy (non-hydrogen) atoms. The number of nitrogens with one attached hydrogen (secondary N) is 1. The maximum absolute atomic E-state index is 13.3. The molecule has 2 aromatic rings. The molecule has 0 saturated heterocycles. The molecule has 0 aliphatic carbocycles. The molecule has 96 valence electrons. The lowest BCUT2D eigenvalue weighted by Crippen LogP contribution is -2.16. The van der Waals surface area contributed by atoms with Gasteiger partial charge in [-0.05, 0) is 30.3 Å². The van der Waals surface area contributed by atoms with Gasteiger partial charge in [0.1, 0.15) is 11.6 Å². The van der Waals surface area contributed by atoms with Gasteiger partial charge in [-0.25, -0.2) is 9.37 Å². The molecule has 3 nitrogen and oxygen atoms in total. The number of rotatable bonds is 5. The van der Waals surface area contributed by atoms with E-state index in [1.54, 1.807) is 12.3 Å². The third-order valence-corrected chi connectivity index (χ3v) is 3.07. The molecule has 0 spiro atoms. The average Bonchev–Trinajstić information content (AvgIpc) is 2.72. The normalized spacial score (nSPS) is 10.8. The van der Waals surface area contributed by atoms with Crippen molar-refractivity contribution in [1.82, 2.24) is 14.9 Å². The van der Waals surface area contributed by atoms with Crippen molar-refractivity contribution in [2.45, 2.75) is 20.0 Å². The number of nitrogens with zero attached hydrogens (tertiary/aromatic N) is 2. The van der Waals surface area contributed by atoms with Gasteiger partial charge in [0.05, 0.1) is 6.54 Å². The van der Waals surface area contributed by atoms with E-state index in [1.807, 2.05) is 16.8 Å². The second-order valence-electron chi connectivity index (χ2n) is 4.03.